The van der Waals surface area contributed by atoms with Gasteiger partial charge < -0.3 is 0 Å². The molecule has 5 heteroatoms. The van der Waals surface area contributed by atoms with E-state index >= 15 is 0 Å². The molecule has 0 N–H and O–H groups in total. The van der Waals surface area contributed by atoms with Crippen molar-refractivity contribution in [2.75, 3.05) is 0 Å². The summed E-state index contributed by atoms with van der Waals surface area (Å²) in [6, 6.07) is 8.68. The van der Waals surface area contributed by atoms with Crippen LogP contribution in [0.1, 0.15) is 4.88 Å². The van der Waals surface area contributed by atoms with Crippen molar-refractivity contribution in [3.05, 3.63) is 35.3 Å². The second kappa shape index (κ2) is 4.28. The van der Waals surface area contributed by atoms with Crippen molar-refractivity contribution in [3.63, 3.8) is 0 Å². The summed E-state index contributed by atoms with van der Waals surface area (Å²) in [4.78, 5) is 1.34. The minimum Gasteiger partial charge on any atom is -0.221 e. The molecule has 0 amide bonds. The Kier molecular flexibility index (Phi) is 2.83. The van der Waals surface area contributed by atoms with E-state index in [2.05, 4.69) is 67.3 Å². The summed E-state index contributed by atoms with van der Waals surface area (Å²) in [5, 5.41) is 11.1. The van der Waals surface area contributed by atoms with Crippen molar-refractivity contribution < 1.29 is 0 Å². The van der Waals surface area contributed by atoms with Gasteiger partial charge in [-0.3, -0.25) is 0 Å². The molecule has 0 atom stereocenters. The third-order valence-corrected chi connectivity index (χ3v) is 5.93. The largest absolute Gasteiger partial charge is 0.221 e. The van der Waals surface area contributed by atoms with E-state index in [4.69, 9.17) is 0 Å². The summed E-state index contributed by atoms with van der Waals surface area (Å²) >= 11 is 1.82. The number of hydrogen-bond acceptors (Lipinski definition) is 3. The number of thiophene rings is 1. The van der Waals surface area contributed by atoms with Crippen molar-refractivity contribution in [1.82, 2.24) is 15.0 Å². The van der Waals surface area contributed by atoms with Gasteiger partial charge in [0, 0.05) is 15.8 Å². The van der Waals surface area contributed by atoms with Gasteiger partial charge in [-0.1, -0.05) is 30.9 Å². The molecule has 0 saturated carbocycles. The first-order chi connectivity index (χ1) is 8.93. The summed E-state index contributed by atoms with van der Waals surface area (Å²) in [7, 11) is -1.39. The van der Waals surface area contributed by atoms with Crippen LogP contribution in [0.3, 0.4) is 0 Å². The Balaban J connectivity index is 2.06. The maximum absolute atomic E-state index is 4.33. The van der Waals surface area contributed by atoms with Crippen molar-refractivity contribution in [1.29, 1.82) is 0 Å². The monoisotopic (exact) mass is 287 g/mol. The Morgan fingerprint density at radius 1 is 1.16 bits per heavy atom. The first-order valence-electron chi connectivity index (χ1n) is 6.37. The third kappa shape index (κ3) is 2.35. The minimum absolute atomic E-state index is 1.09. The molecule has 1 aromatic carbocycles. The molecular weight excluding hydrogens is 270 g/mol. The van der Waals surface area contributed by atoms with Crippen LogP contribution in [0.15, 0.2) is 30.5 Å². The highest BCUT2D eigenvalue weighted by atomic mass is 32.1. The van der Waals surface area contributed by atoms with E-state index in [1.165, 1.54) is 15.0 Å². The highest BCUT2D eigenvalue weighted by Crippen LogP contribution is 2.26. The van der Waals surface area contributed by atoms with Gasteiger partial charge in [-0.15, -0.1) is 16.4 Å². The summed E-state index contributed by atoms with van der Waals surface area (Å²) in [5.41, 5.74) is 1.09. The number of benzene rings is 1. The van der Waals surface area contributed by atoms with Gasteiger partial charge in [0.15, 0.2) is 0 Å². The molecule has 0 radical (unpaired) electrons. The van der Waals surface area contributed by atoms with Crippen molar-refractivity contribution >= 4 is 34.8 Å². The normalized spacial score (nSPS) is 12.2. The van der Waals surface area contributed by atoms with E-state index in [0.717, 1.165) is 11.0 Å². The zero-order chi connectivity index (χ0) is 13.6. The van der Waals surface area contributed by atoms with Gasteiger partial charge in [-0.05, 0) is 30.5 Å². The fraction of sp³-hybridized carbons (Fsp3) is 0.286. The van der Waals surface area contributed by atoms with Crippen LogP contribution in [0, 0.1) is 6.92 Å². The summed E-state index contributed by atoms with van der Waals surface area (Å²) in [6.07, 6.45) is 2.08. The molecule has 2 aromatic heterocycles. The van der Waals surface area contributed by atoms with E-state index in [-0.39, 0.29) is 0 Å². The van der Waals surface area contributed by atoms with Crippen LogP contribution in [0.4, 0.5) is 0 Å². The zero-order valence-corrected chi connectivity index (χ0v) is 13.5. The third-order valence-electron chi connectivity index (χ3n) is 3.15. The minimum atomic E-state index is -1.39. The Labute approximate surface area is 117 Å². The Bertz CT molecular complexity index is 737. The lowest BCUT2D eigenvalue weighted by molar-refractivity contribution is 0.805. The van der Waals surface area contributed by atoms with Crippen molar-refractivity contribution in [2.24, 2.45) is 0 Å². The van der Waals surface area contributed by atoms with Crippen LogP contribution in [0.5, 0.6) is 0 Å². The smallest absolute Gasteiger partial charge is 0.106 e. The zero-order valence-electron chi connectivity index (χ0n) is 11.6. The summed E-state index contributed by atoms with van der Waals surface area (Å²) in [5.74, 6) is 0. The molecule has 0 saturated heterocycles. The van der Waals surface area contributed by atoms with Gasteiger partial charge in [0.2, 0.25) is 0 Å². The lowest BCUT2D eigenvalue weighted by Crippen LogP contribution is -2.38. The summed E-state index contributed by atoms with van der Waals surface area (Å²) in [6.45, 7) is 9.00. The van der Waals surface area contributed by atoms with Gasteiger partial charge in [-0.2, -0.15) is 0 Å². The SMILES string of the molecule is Cc1cc2ccc(-n3cc([Si](C)(C)C)nn3)cc2s1. The molecule has 0 aliphatic heterocycles. The average molecular weight is 287 g/mol. The maximum Gasteiger partial charge on any atom is 0.106 e. The fourth-order valence-corrected chi connectivity index (χ4v) is 3.84. The van der Waals surface area contributed by atoms with Crippen LogP contribution in [0.2, 0.25) is 19.6 Å². The molecule has 0 unspecified atom stereocenters. The van der Waals surface area contributed by atoms with Crippen LogP contribution >= 0.6 is 11.3 Å². The summed E-state index contributed by atoms with van der Waals surface area (Å²) < 4.78 is 3.20. The van der Waals surface area contributed by atoms with Crippen LogP contribution in [0.25, 0.3) is 15.8 Å². The molecule has 19 heavy (non-hydrogen) atoms. The molecule has 2 heterocycles. The molecule has 3 rings (SSSR count). The molecule has 0 aliphatic rings. The molecule has 0 bridgehead atoms. The number of hydrogen-bond donors (Lipinski definition) is 0. The van der Waals surface area contributed by atoms with E-state index < -0.39 is 8.07 Å². The second-order valence-corrected chi connectivity index (χ2v) is 12.2. The number of nitrogens with zero attached hydrogens (tertiary/aromatic N) is 3. The molecule has 0 spiro atoms. The fourth-order valence-electron chi connectivity index (χ4n) is 2.03. The first-order valence-corrected chi connectivity index (χ1v) is 10.7. The van der Waals surface area contributed by atoms with E-state index in [1.807, 2.05) is 16.0 Å². The van der Waals surface area contributed by atoms with Gasteiger partial charge in [0.05, 0.1) is 11.0 Å². The molecular formula is C14H17N3SSi. The number of aryl methyl sites for hydroxylation is 1. The first kappa shape index (κ1) is 12.6. The Morgan fingerprint density at radius 3 is 2.63 bits per heavy atom. The second-order valence-electron chi connectivity index (χ2n) is 5.88. The molecule has 3 nitrogen and oxygen atoms in total. The highest BCUT2D eigenvalue weighted by Gasteiger charge is 2.20. The van der Waals surface area contributed by atoms with Gasteiger partial charge in [0.1, 0.15) is 8.07 Å². The van der Waals surface area contributed by atoms with Crippen molar-refractivity contribution in [3.8, 4) is 5.69 Å². The van der Waals surface area contributed by atoms with Crippen molar-refractivity contribution in [2.45, 2.75) is 26.6 Å². The maximum atomic E-state index is 4.33. The highest BCUT2D eigenvalue weighted by molar-refractivity contribution is 7.19. The van der Waals surface area contributed by atoms with Gasteiger partial charge >= 0.3 is 0 Å². The van der Waals surface area contributed by atoms with Crippen LogP contribution in [-0.2, 0) is 0 Å². The van der Waals surface area contributed by atoms with Crippen LogP contribution < -0.4 is 5.32 Å². The lowest BCUT2D eigenvalue weighted by Gasteiger charge is -2.09. The standard InChI is InChI=1S/C14H17N3SSi/c1-10-7-11-5-6-12(8-13(11)18-10)17-9-14(15-16-17)19(2,3)4/h5-9H,1-4H3. The van der Waals surface area contributed by atoms with E-state index in [0.29, 0.717) is 0 Å². The van der Waals surface area contributed by atoms with Crippen LogP contribution in [-0.4, -0.2) is 23.1 Å². The van der Waals surface area contributed by atoms with E-state index in [9.17, 15) is 0 Å². The predicted octanol–water partition coefficient (Wildman–Crippen LogP) is 3.34. The molecule has 3 aromatic rings. The number of rotatable bonds is 2. The van der Waals surface area contributed by atoms with Gasteiger partial charge in [0.25, 0.3) is 0 Å². The quantitative estimate of drug-likeness (QED) is 0.677. The topological polar surface area (TPSA) is 30.7 Å². The van der Waals surface area contributed by atoms with Gasteiger partial charge in [-0.25, -0.2) is 4.68 Å². The number of fused-ring (bicyclic) bond motifs is 1. The Morgan fingerprint density at radius 2 is 1.95 bits per heavy atom. The number of aromatic nitrogens is 3. The Hall–Kier alpha value is -1.46. The predicted molar refractivity (Wildman–Crippen MR) is 84.5 cm³/mol. The van der Waals surface area contributed by atoms with E-state index in [1.54, 1.807) is 0 Å². The lowest BCUT2D eigenvalue weighted by atomic mass is 10.2. The average Bonchev–Trinajstić information content (AvgIpc) is 2.90. The molecule has 0 aliphatic carbocycles. The molecule has 98 valence electrons. The molecule has 0 fully saturated rings.